The highest BCUT2D eigenvalue weighted by Crippen LogP contribution is 2.30. The summed E-state index contributed by atoms with van der Waals surface area (Å²) in [5, 5.41) is 10.2. The molecule has 5 nitrogen and oxygen atoms in total. The second-order valence-electron chi connectivity index (χ2n) is 7.34. The van der Waals surface area contributed by atoms with Gasteiger partial charge in [0.05, 0.1) is 11.1 Å². The molecule has 3 rings (SSSR count). The molecule has 1 aromatic heterocycles. The summed E-state index contributed by atoms with van der Waals surface area (Å²) in [5.41, 5.74) is 2.04. The first kappa shape index (κ1) is 18.5. The number of carbonyl (C=O) groups is 1. The Morgan fingerprint density at radius 2 is 1.85 bits per heavy atom. The van der Waals surface area contributed by atoms with Crippen LogP contribution in [0, 0.1) is 18.3 Å². The molecule has 0 aliphatic rings. The largest absolute Gasteiger partial charge is 0.489 e. The van der Waals surface area contributed by atoms with E-state index in [1.165, 1.54) is 4.57 Å². The summed E-state index contributed by atoms with van der Waals surface area (Å²) in [4.78, 5) is 12.7. The summed E-state index contributed by atoms with van der Waals surface area (Å²) in [5.74, 6) is 0.623. The van der Waals surface area contributed by atoms with Crippen LogP contribution in [0.5, 0.6) is 5.75 Å². The van der Waals surface area contributed by atoms with Gasteiger partial charge in [-0.25, -0.2) is 9.36 Å². The standard InChI is InChI=1S/C22H22N2O3/c1-15-19(13-23)18-11-10-17(26-14-16-8-6-5-7-9-16)12-20(18)24(15)21(25)27-22(2,3)4/h5-12H,14H2,1-4H3. The van der Waals surface area contributed by atoms with E-state index in [0.717, 1.165) is 5.56 Å². The Bertz CT molecular complexity index is 1020. The summed E-state index contributed by atoms with van der Waals surface area (Å²) >= 11 is 0. The zero-order chi connectivity index (χ0) is 19.6. The van der Waals surface area contributed by atoms with Crippen molar-refractivity contribution in [3.63, 3.8) is 0 Å². The van der Waals surface area contributed by atoms with E-state index in [-0.39, 0.29) is 0 Å². The lowest BCUT2D eigenvalue weighted by atomic mass is 10.1. The third-order valence-corrected chi connectivity index (χ3v) is 4.11. The van der Waals surface area contributed by atoms with Crippen molar-refractivity contribution < 1.29 is 14.3 Å². The van der Waals surface area contributed by atoms with Crippen molar-refractivity contribution in [2.75, 3.05) is 0 Å². The first-order chi connectivity index (χ1) is 12.8. The van der Waals surface area contributed by atoms with Gasteiger partial charge < -0.3 is 9.47 Å². The maximum atomic E-state index is 12.7. The number of carbonyl (C=O) groups excluding carboxylic acids is 1. The summed E-state index contributed by atoms with van der Waals surface area (Å²) in [6.07, 6.45) is -0.508. The lowest BCUT2D eigenvalue weighted by Crippen LogP contribution is -2.27. The molecule has 0 bridgehead atoms. The number of benzene rings is 2. The van der Waals surface area contributed by atoms with Gasteiger partial charge in [-0.2, -0.15) is 5.26 Å². The number of ether oxygens (including phenoxy) is 2. The fraction of sp³-hybridized carbons (Fsp3) is 0.273. The molecule has 0 aliphatic heterocycles. The number of aromatic nitrogens is 1. The number of hydrogen-bond donors (Lipinski definition) is 0. The van der Waals surface area contributed by atoms with Crippen molar-refractivity contribution in [3.8, 4) is 11.8 Å². The first-order valence-electron chi connectivity index (χ1n) is 8.75. The molecule has 0 amide bonds. The minimum Gasteiger partial charge on any atom is -0.489 e. The minimum absolute atomic E-state index is 0.420. The molecule has 0 N–H and O–H groups in total. The van der Waals surface area contributed by atoms with E-state index in [9.17, 15) is 10.1 Å². The van der Waals surface area contributed by atoms with Gasteiger partial charge in [0.2, 0.25) is 0 Å². The molecule has 0 saturated heterocycles. The van der Waals surface area contributed by atoms with Crippen molar-refractivity contribution in [1.82, 2.24) is 4.57 Å². The molecule has 0 saturated carbocycles. The van der Waals surface area contributed by atoms with Gasteiger partial charge in [-0.1, -0.05) is 30.3 Å². The monoisotopic (exact) mass is 362 g/mol. The molecule has 0 fully saturated rings. The highest BCUT2D eigenvalue weighted by molar-refractivity contribution is 5.96. The van der Waals surface area contributed by atoms with Crippen molar-refractivity contribution in [3.05, 3.63) is 65.4 Å². The highest BCUT2D eigenvalue weighted by atomic mass is 16.6. The lowest BCUT2D eigenvalue weighted by Gasteiger charge is -2.20. The van der Waals surface area contributed by atoms with Gasteiger partial charge in [0.15, 0.2) is 0 Å². The van der Waals surface area contributed by atoms with E-state index in [0.29, 0.717) is 34.5 Å². The molecule has 0 radical (unpaired) electrons. The lowest BCUT2D eigenvalue weighted by molar-refractivity contribution is 0.0541. The summed E-state index contributed by atoms with van der Waals surface area (Å²) < 4.78 is 12.8. The van der Waals surface area contributed by atoms with E-state index < -0.39 is 11.7 Å². The molecule has 27 heavy (non-hydrogen) atoms. The quantitative estimate of drug-likeness (QED) is 0.644. The van der Waals surface area contributed by atoms with E-state index in [2.05, 4.69) is 6.07 Å². The minimum atomic E-state index is -0.631. The molecule has 0 unspecified atom stereocenters. The van der Waals surface area contributed by atoms with Crippen LogP contribution in [0.4, 0.5) is 4.79 Å². The van der Waals surface area contributed by atoms with Gasteiger partial charge in [0.25, 0.3) is 0 Å². The van der Waals surface area contributed by atoms with Gasteiger partial charge >= 0.3 is 6.09 Å². The normalized spacial score (nSPS) is 11.2. The Balaban J connectivity index is 2.00. The molecule has 1 heterocycles. The molecule has 0 spiro atoms. The number of fused-ring (bicyclic) bond motifs is 1. The predicted octanol–water partition coefficient (Wildman–Crippen LogP) is 5.18. The Labute approximate surface area is 158 Å². The fourth-order valence-corrected chi connectivity index (χ4v) is 2.91. The summed E-state index contributed by atoms with van der Waals surface area (Å²) in [6.45, 7) is 7.60. The molecular formula is C22H22N2O3. The van der Waals surface area contributed by atoms with Crippen LogP contribution in [0.1, 0.15) is 37.6 Å². The van der Waals surface area contributed by atoms with Crippen LogP contribution in [0.2, 0.25) is 0 Å². The number of nitriles is 1. The van der Waals surface area contributed by atoms with Gasteiger partial charge in [0, 0.05) is 17.1 Å². The SMILES string of the molecule is Cc1c(C#N)c2ccc(OCc3ccccc3)cc2n1C(=O)OC(C)(C)C. The molecule has 0 aliphatic carbocycles. The summed E-state index contributed by atoms with van der Waals surface area (Å²) in [6, 6.07) is 17.4. The van der Waals surface area contributed by atoms with Crippen molar-refractivity contribution >= 4 is 17.0 Å². The predicted molar refractivity (Wildman–Crippen MR) is 104 cm³/mol. The highest BCUT2D eigenvalue weighted by Gasteiger charge is 2.24. The molecule has 2 aromatic carbocycles. The van der Waals surface area contributed by atoms with Crippen LogP contribution >= 0.6 is 0 Å². The molecule has 138 valence electrons. The van der Waals surface area contributed by atoms with Crippen LogP contribution in [0.15, 0.2) is 48.5 Å². The first-order valence-corrected chi connectivity index (χ1v) is 8.75. The smallest absolute Gasteiger partial charge is 0.419 e. The molecule has 3 aromatic rings. The van der Waals surface area contributed by atoms with Crippen molar-refractivity contribution in [2.45, 2.75) is 39.9 Å². The topological polar surface area (TPSA) is 64.2 Å². The molecule has 5 heteroatoms. The average Bonchev–Trinajstić information content (AvgIpc) is 2.90. The number of hydrogen-bond acceptors (Lipinski definition) is 4. The van der Waals surface area contributed by atoms with Crippen molar-refractivity contribution in [1.29, 1.82) is 5.26 Å². The maximum absolute atomic E-state index is 12.7. The van der Waals surface area contributed by atoms with Gasteiger partial charge in [-0.3, -0.25) is 0 Å². The van der Waals surface area contributed by atoms with Gasteiger partial charge in [0.1, 0.15) is 24.0 Å². The Morgan fingerprint density at radius 3 is 2.48 bits per heavy atom. The van der Waals surface area contributed by atoms with Gasteiger partial charge in [-0.15, -0.1) is 0 Å². The molecular weight excluding hydrogens is 340 g/mol. The van der Waals surface area contributed by atoms with Crippen LogP contribution in [-0.4, -0.2) is 16.3 Å². The van der Waals surface area contributed by atoms with Crippen LogP contribution in [0.25, 0.3) is 10.9 Å². The Kier molecular flexibility index (Phi) is 4.91. The second-order valence-corrected chi connectivity index (χ2v) is 7.34. The maximum Gasteiger partial charge on any atom is 0.419 e. The van der Waals surface area contributed by atoms with Crippen LogP contribution in [0.3, 0.4) is 0 Å². The Morgan fingerprint density at radius 1 is 1.15 bits per heavy atom. The van der Waals surface area contributed by atoms with Crippen LogP contribution < -0.4 is 4.74 Å². The third kappa shape index (κ3) is 3.95. The average molecular weight is 362 g/mol. The zero-order valence-electron chi connectivity index (χ0n) is 15.9. The second kappa shape index (κ2) is 7.16. The van der Waals surface area contributed by atoms with E-state index in [4.69, 9.17) is 9.47 Å². The van der Waals surface area contributed by atoms with E-state index in [1.54, 1.807) is 13.0 Å². The van der Waals surface area contributed by atoms with Crippen LogP contribution in [-0.2, 0) is 11.3 Å². The van der Waals surface area contributed by atoms with Crippen molar-refractivity contribution in [2.24, 2.45) is 0 Å². The molecule has 0 atom stereocenters. The summed E-state index contributed by atoms with van der Waals surface area (Å²) in [7, 11) is 0. The van der Waals surface area contributed by atoms with E-state index >= 15 is 0 Å². The third-order valence-electron chi connectivity index (χ3n) is 4.11. The Hall–Kier alpha value is -3.26. The van der Waals surface area contributed by atoms with E-state index in [1.807, 2.05) is 63.2 Å². The van der Waals surface area contributed by atoms with Gasteiger partial charge in [-0.05, 0) is 45.4 Å². The number of nitrogens with zero attached hydrogens (tertiary/aromatic N) is 2. The number of rotatable bonds is 3. The zero-order valence-corrected chi connectivity index (χ0v) is 15.9. The fourth-order valence-electron chi connectivity index (χ4n) is 2.91.